The van der Waals surface area contributed by atoms with Gasteiger partial charge >= 0.3 is 0 Å². The number of primary amides is 1. The van der Waals surface area contributed by atoms with Crippen LogP contribution >= 0.6 is 23.1 Å². The lowest BCUT2D eigenvalue weighted by atomic mass is 10.1. The molecule has 0 spiro atoms. The second-order valence-corrected chi connectivity index (χ2v) is 9.34. The summed E-state index contributed by atoms with van der Waals surface area (Å²) in [6.45, 7) is 2.91. The number of aromatic nitrogens is 2. The van der Waals surface area contributed by atoms with E-state index in [0.717, 1.165) is 10.8 Å². The molecule has 0 aliphatic carbocycles. The van der Waals surface area contributed by atoms with Gasteiger partial charge in [-0.15, -0.1) is 10.2 Å². The molecule has 2 saturated heterocycles. The zero-order chi connectivity index (χ0) is 21.1. The highest BCUT2D eigenvalue weighted by molar-refractivity contribution is 8.01. The molecular weight excluding hydrogens is 424 g/mol. The first kappa shape index (κ1) is 20.6. The monoisotopic (exact) mass is 446 g/mol. The number of carbonyl (C=O) groups excluding carboxylic acids is 3. The number of hydrogen-bond acceptors (Lipinski definition) is 8. The van der Waals surface area contributed by atoms with Crippen molar-refractivity contribution < 1.29 is 14.4 Å². The van der Waals surface area contributed by atoms with Gasteiger partial charge in [0.1, 0.15) is 0 Å². The minimum absolute atomic E-state index is 0.00645. The largest absolute Gasteiger partial charge is 0.369 e. The molecule has 1 atom stereocenters. The fourth-order valence-corrected chi connectivity index (χ4v) is 5.26. The van der Waals surface area contributed by atoms with E-state index in [0.29, 0.717) is 37.1 Å². The fraction of sp³-hybridized carbons (Fsp3) is 0.421. The van der Waals surface area contributed by atoms with Crippen LogP contribution < -0.4 is 15.5 Å². The molecule has 2 fully saturated rings. The van der Waals surface area contributed by atoms with Gasteiger partial charge < -0.3 is 20.4 Å². The van der Waals surface area contributed by atoms with Crippen molar-refractivity contribution in [1.82, 2.24) is 15.1 Å². The first-order chi connectivity index (χ1) is 14.5. The summed E-state index contributed by atoms with van der Waals surface area (Å²) in [6.07, 6.45) is 0.255. The van der Waals surface area contributed by atoms with Gasteiger partial charge in [-0.25, -0.2) is 0 Å². The van der Waals surface area contributed by atoms with Crippen LogP contribution in [0.3, 0.4) is 0 Å². The van der Waals surface area contributed by atoms with Crippen molar-refractivity contribution in [2.24, 2.45) is 11.7 Å². The van der Waals surface area contributed by atoms with Crippen molar-refractivity contribution in [2.75, 3.05) is 48.3 Å². The van der Waals surface area contributed by atoms with Crippen LogP contribution in [0.1, 0.15) is 6.42 Å². The van der Waals surface area contributed by atoms with E-state index in [1.165, 1.54) is 23.1 Å². The van der Waals surface area contributed by atoms with Crippen LogP contribution in [-0.4, -0.2) is 71.3 Å². The Hall–Kier alpha value is -2.66. The molecule has 4 rings (SSSR count). The van der Waals surface area contributed by atoms with Gasteiger partial charge in [0.15, 0.2) is 4.34 Å². The van der Waals surface area contributed by atoms with Crippen molar-refractivity contribution in [1.29, 1.82) is 0 Å². The normalized spacial score (nSPS) is 19.4. The summed E-state index contributed by atoms with van der Waals surface area (Å²) in [7, 11) is 0. The van der Waals surface area contributed by atoms with E-state index in [1.54, 1.807) is 4.90 Å². The molecule has 2 aliphatic heterocycles. The number of carbonyl (C=O) groups is 3. The second kappa shape index (κ2) is 9.00. The van der Waals surface area contributed by atoms with E-state index < -0.39 is 0 Å². The molecule has 158 valence electrons. The molecule has 1 unspecified atom stereocenters. The number of rotatable bonds is 6. The van der Waals surface area contributed by atoms with Gasteiger partial charge in [-0.3, -0.25) is 14.4 Å². The fourth-order valence-electron chi connectivity index (χ4n) is 3.63. The highest BCUT2D eigenvalue weighted by Crippen LogP contribution is 2.29. The third kappa shape index (κ3) is 4.57. The topological polar surface area (TPSA) is 113 Å². The maximum atomic E-state index is 13.0. The van der Waals surface area contributed by atoms with Crippen LogP contribution in [0.2, 0.25) is 0 Å². The Kier molecular flexibility index (Phi) is 6.18. The lowest BCUT2D eigenvalue weighted by Gasteiger charge is -2.35. The Labute approximate surface area is 182 Å². The predicted octanol–water partition coefficient (Wildman–Crippen LogP) is 0.817. The minimum atomic E-state index is -0.389. The number of thioether (sulfide) groups is 1. The average Bonchev–Trinajstić information content (AvgIpc) is 3.39. The summed E-state index contributed by atoms with van der Waals surface area (Å²) in [5.41, 5.74) is 6.00. The van der Waals surface area contributed by atoms with Crippen LogP contribution in [0.15, 0.2) is 34.7 Å². The Morgan fingerprint density at radius 3 is 2.57 bits per heavy atom. The third-order valence-electron chi connectivity index (χ3n) is 5.14. The van der Waals surface area contributed by atoms with Crippen molar-refractivity contribution in [2.45, 2.75) is 10.8 Å². The molecule has 11 heteroatoms. The van der Waals surface area contributed by atoms with Gasteiger partial charge in [0.05, 0.1) is 11.7 Å². The van der Waals surface area contributed by atoms with Gasteiger partial charge in [-0.05, 0) is 12.1 Å². The highest BCUT2D eigenvalue weighted by atomic mass is 32.2. The molecule has 3 heterocycles. The summed E-state index contributed by atoms with van der Waals surface area (Å²) in [6, 6.07) is 9.47. The summed E-state index contributed by atoms with van der Waals surface area (Å²) in [5, 5.41) is 9.05. The molecule has 1 aromatic carbocycles. The minimum Gasteiger partial charge on any atom is -0.369 e. The number of amides is 3. The van der Waals surface area contributed by atoms with E-state index in [4.69, 9.17) is 5.73 Å². The smallest absolute Gasteiger partial charge is 0.228 e. The Balaban J connectivity index is 1.30. The van der Waals surface area contributed by atoms with Crippen molar-refractivity contribution in [3.63, 3.8) is 0 Å². The second-order valence-electron chi connectivity index (χ2n) is 7.16. The SMILES string of the molecule is NC(=O)CSc1nnc(N2CCN(C(=O)C3CC(=O)N(c4ccccc4)C3)CC2)s1. The maximum Gasteiger partial charge on any atom is 0.228 e. The Morgan fingerprint density at radius 2 is 1.87 bits per heavy atom. The summed E-state index contributed by atoms with van der Waals surface area (Å²) < 4.78 is 0.702. The van der Waals surface area contributed by atoms with Gasteiger partial charge in [0.25, 0.3) is 0 Å². The number of piperazine rings is 1. The molecule has 0 saturated carbocycles. The third-order valence-corrected chi connectivity index (χ3v) is 7.28. The molecule has 3 amide bonds. The molecule has 30 heavy (non-hydrogen) atoms. The molecule has 0 bridgehead atoms. The van der Waals surface area contributed by atoms with E-state index >= 15 is 0 Å². The van der Waals surface area contributed by atoms with E-state index in [1.807, 2.05) is 35.2 Å². The van der Waals surface area contributed by atoms with Crippen molar-refractivity contribution in [3.05, 3.63) is 30.3 Å². The lowest BCUT2D eigenvalue weighted by molar-refractivity contribution is -0.136. The van der Waals surface area contributed by atoms with Crippen molar-refractivity contribution >= 4 is 51.6 Å². The molecule has 2 N–H and O–H groups in total. The van der Waals surface area contributed by atoms with Crippen LogP contribution in [0, 0.1) is 5.92 Å². The van der Waals surface area contributed by atoms with Gasteiger partial charge in [-0.1, -0.05) is 41.3 Å². The molecule has 1 aromatic heterocycles. The zero-order valence-corrected chi connectivity index (χ0v) is 17.9. The first-order valence-corrected chi connectivity index (χ1v) is 11.4. The van der Waals surface area contributed by atoms with Gasteiger partial charge in [0, 0.05) is 44.8 Å². The first-order valence-electron chi connectivity index (χ1n) is 9.65. The lowest BCUT2D eigenvalue weighted by Crippen LogP contribution is -2.50. The predicted molar refractivity (Wildman–Crippen MR) is 116 cm³/mol. The number of nitrogens with zero attached hydrogens (tertiary/aromatic N) is 5. The van der Waals surface area contributed by atoms with E-state index in [9.17, 15) is 14.4 Å². The average molecular weight is 447 g/mol. The van der Waals surface area contributed by atoms with Gasteiger partial charge in [-0.2, -0.15) is 0 Å². The summed E-state index contributed by atoms with van der Waals surface area (Å²) in [5.74, 6) is -0.482. The number of nitrogens with two attached hydrogens (primary N) is 1. The molecule has 2 aliphatic rings. The standard InChI is InChI=1S/C19H22N6O3S2/c20-15(26)12-29-19-22-21-18(30-19)24-8-6-23(7-9-24)17(28)13-10-16(27)25(11-13)14-4-2-1-3-5-14/h1-5,13H,6-12H2,(H2,20,26). The number of para-hydroxylation sites is 1. The van der Waals surface area contributed by atoms with Crippen LogP contribution in [-0.2, 0) is 14.4 Å². The summed E-state index contributed by atoms with van der Waals surface area (Å²) >= 11 is 2.70. The quantitative estimate of drug-likeness (QED) is 0.654. The number of benzene rings is 1. The van der Waals surface area contributed by atoms with E-state index in [-0.39, 0.29) is 35.8 Å². The van der Waals surface area contributed by atoms with Crippen LogP contribution in [0.5, 0.6) is 0 Å². The van der Waals surface area contributed by atoms with Crippen LogP contribution in [0.25, 0.3) is 0 Å². The Morgan fingerprint density at radius 1 is 1.13 bits per heavy atom. The summed E-state index contributed by atoms with van der Waals surface area (Å²) in [4.78, 5) is 41.9. The molecule has 0 radical (unpaired) electrons. The zero-order valence-electron chi connectivity index (χ0n) is 16.3. The van der Waals surface area contributed by atoms with Gasteiger partial charge in [0.2, 0.25) is 22.9 Å². The number of anilines is 2. The van der Waals surface area contributed by atoms with Crippen molar-refractivity contribution in [3.8, 4) is 0 Å². The van der Waals surface area contributed by atoms with Crippen LogP contribution in [0.4, 0.5) is 10.8 Å². The number of hydrogen-bond donors (Lipinski definition) is 1. The van der Waals surface area contributed by atoms with E-state index in [2.05, 4.69) is 15.1 Å². The Bertz CT molecular complexity index is 929. The molecular formula is C19H22N6O3S2. The highest BCUT2D eigenvalue weighted by Gasteiger charge is 2.38. The molecule has 9 nitrogen and oxygen atoms in total. The maximum absolute atomic E-state index is 13.0. The molecule has 2 aromatic rings.